The summed E-state index contributed by atoms with van der Waals surface area (Å²) < 4.78 is 5.24. The molecule has 0 radical (unpaired) electrons. The van der Waals surface area contributed by atoms with Crippen molar-refractivity contribution in [1.29, 1.82) is 0 Å². The van der Waals surface area contributed by atoms with Crippen LogP contribution in [-0.4, -0.2) is 7.05 Å². The first-order chi connectivity index (χ1) is 4.74. The first-order valence-electron chi connectivity index (χ1n) is 3.11. The molecule has 1 unspecified atom stereocenters. The molecule has 3 heteroatoms. The van der Waals surface area contributed by atoms with Gasteiger partial charge in [0.1, 0.15) is 17.0 Å². The zero-order chi connectivity index (χ0) is 7.56. The van der Waals surface area contributed by atoms with E-state index in [0.717, 1.165) is 11.5 Å². The van der Waals surface area contributed by atoms with Crippen LogP contribution < -0.4 is 5.32 Å². The van der Waals surface area contributed by atoms with E-state index < -0.39 is 0 Å². The Morgan fingerprint density at radius 2 is 2.30 bits per heavy atom. The summed E-state index contributed by atoms with van der Waals surface area (Å²) in [6.07, 6.45) is 0. The van der Waals surface area contributed by atoms with Crippen LogP contribution in [0.4, 0.5) is 0 Å². The summed E-state index contributed by atoms with van der Waals surface area (Å²) in [5.41, 5.74) is -0.214. The smallest absolute Gasteiger partial charge is 0.141 e. The number of aryl methyl sites for hydroxylation is 1. The molecule has 1 heterocycles. The number of rotatable bonds is 2. The van der Waals surface area contributed by atoms with Gasteiger partial charge in [0.05, 0.1) is 0 Å². The van der Waals surface area contributed by atoms with Gasteiger partial charge < -0.3 is 4.42 Å². The van der Waals surface area contributed by atoms with Crippen LogP contribution in [0.15, 0.2) is 16.5 Å². The third kappa shape index (κ3) is 1.52. The van der Waals surface area contributed by atoms with Gasteiger partial charge >= 0.3 is 0 Å². The number of furan rings is 1. The fourth-order valence-electron chi connectivity index (χ4n) is 0.732. The van der Waals surface area contributed by atoms with Crippen LogP contribution in [0.3, 0.4) is 0 Å². The van der Waals surface area contributed by atoms with Crippen molar-refractivity contribution in [2.75, 3.05) is 7.05 Å². The number of hydrogen-bond donors (Lipinski definition) is 1. The standard InChI is InChI=1S/C7H10ClNO/c1-5-3-4-6(10-5)7(8)9-2/h3-4,7,9H,1-2H3. The normalized spacial score (nSPS) is 13.5. The lowest BCUT2D eigenvalue weighted by Gasteiger charge is -2.01. The van der Waals surface area contributed by atoms with E-state index in [2.05, 4.69) is 5.32 Å². The minimum absolute atomic E-state index is 0.214. The lowest BCUT2D eigenvalue weighted by atomic mass is 10.4. The molecular formula is C7H10ClNO. The van der Waals surface area contributed by atoms with Gasteiger partial charge in [0, 0.05) is 0 Å². The molecule has 0 aliphatic heterocycles. The Bertz CT molecular complexity index is 209. The average molecular weight is 160 g/mol. The minimum atomic E-state index is -0.214. The van der Waals surface area contributed by atoms with E-state index >= 15 is 0 Å². The van der Waals surface area contributed by atoms with Crippen molar-refractivity contribution in [3.63, 3.8) is 0 Å². The fourth-order valence-corrected chi connectivity index (χ4v) is 0.849. The van der Waals surface area contributed by atoms with Gasteiger partial charge in [-0.3, -0.25) is 5.32 Å². The molecule has 0 spiro atoms. The summed E-state index contributed by atoms with van der Waals surface area (Å²) in [6, 6.07) is 3.76. The van der Waals surface area contributed by atoms with E-state index in [0.29, 0.717) is 0 Å². The van der Waals surface area contributed by atoms with Crippen molar-refractivity contribution in [3.8, 4) is 0 Å². The molecule has 0 aromatic carbocycles. The van der Waals surface area contributed by atoms with E-state index in [1.807, 2.05) is 19.1 Å². The van der Waals surface area contributed by atoms with Crippen LogP contribution >= 0.6 is 11.6 Å². The Morgan fingerprint density at radius 3 is 2.70 bits per heavy atom. The molecule has 0 saturated carbocycles. The van der Waals surface area contributed by atoms with Crippen LogP contribution in [0, 0.1) is 6.92 Å². The molecule has 0 saturated heterocycles. The Morgan fingerprint density at radius 1 is 1.60 bits per heavy atom. The lowest BCUT2D eigenvalue weighted by molar-refractivity contribution is 0.464. The molecule has 10 heavy (non-hydrogen) atoms. The Kier molecular flexibility index (Phi) is 2.35. The molecule has 1 atom stereocenters. The van der Waals surface area contributed by atoms with E-state index in [4.69, 9.17) is 16.0 Å². The molecule has 1 aromatic heterocycles. The number of alkyl halides is 1. The number of nitrogens with one attached hydrogen (secondary N) is 1. The van der Waals surface area contributed by atoms with E-state index in [-0.39, 0.29) is 5.50 Å². The SMILES string of the molecule is CNC(Cl)c1ccc(C)o1. The predicted molar refractivity (Wildman–Crippen MR) is 41.1 cm³/mol. The van der Waals surface area contributed by atoms with Gasteiger partial charge in [-0.25, -0.2) is 0 Å². The third-order valence-electron chi connectivity index (χ3n) is 1.26. The fraction of sp³-hybridized carbons (Fsp3) is 0.429. The maximum atomic E-state index is 5.80. The highest BCUT2D eigenvalue weighted by atomic mass is 35.5. The van der Waals surface area contributed by atoms with Crippen LogP contribution in [-0.2, 0) is 0 Å². The molecule has 1 rings (SSSR count). The average Bonchev–Trinajstić information content (AvgIpc) is 2.34. The zero-order valence-electron chi connectivity index (χ0n) is 6.02. The molecular weight excluding hydrogens is 150 g/mol. The van der Waals surface area contributed by atoms with Gasteiger partial charge in [0.25, 0.3) is 0 Å². The first kappa shape index (κ1) is 7.63. The molecule has 0 amide bonds. The van der Waals surface area contributed by atoms with Crippen molar-refractivity contribution in [1.82, 2.24) is 5.32 Å². The zero-order valence-corrected chi connectivity index (χ0v) is 6.77. The highest BCUT2D eigenvalue weighted by Crippen LogP contribution is 2.18. The quantitative estimate of drug-likeness (QED) is 0.528. The maximum absolute atomic E-state index is 5.80. The molecule has 1 N–H and O–H groups in total. The summed E-state index contributed by atoms with van der Waals surface area (Å²) in [5.74, 6) is 1.65. The molecule has 0 fully saturated rings. The second kappa shape index (κ2) is 3.08. The van der Waals surface area contributed by atoms with E-state index in [1.54, 1.807) is 7.05 Å². The van der Waals surface area contributed by atoms with Crippen molar-refractivity contribution >= 4 is 11.6 Å². The summed E-state index contributed by atoms with van der Waals surface area (Å²) >= 11 is 5.80. The highest BCUT2D eigenvalue weighted by Gasteiger charge is 2.07. The van der Waals surface area contributed by atoms with E-state index in [9.17, 15) is 0 Å². The van der Waals surface area contributed by atoms with Gasteiger partial charge in [-0.2, -0.15) is 0 Å². The largest absolute Gasteiger partial charge is 0.463 e. The topological polar surface area (TPSA) is 25.2 Å². The van der Waals surface area contributed by atoms with E-state index in [1.165, 1.54) is 0 Å². The van der Waals surface area contributed by atoms with Gasteiger partial charge in [0.2, 0.25) is 0 Å². The van der Waals surface area contributed by atoms with Gasteiger partial charge in [0.15, 0.2) is 0 Å². The molecule has 0 bridgehead atoms. The summed E-state index contributed by atoms with van der Waals surface area (Å²) in [7, 11) is 1.79. The van der Waals surface area contributed by atoms with Crippen molar-refractivity contribution in [2.45, 2.75) is 12.4 Å². The van der Waals surface area contributed by atoms with Crippen molar-refractivity contribution < 1.29 is 4.42 Å². The molecule has 2 nitrogen and oxygen atoms in total. The van der Waals surface area contributed by atoms with Crippen molar-refractivity contribution in [3.05, 3.63) is 23.7 Å². The number of halogens is 1. The van der Waals surface area contributed by atoms with Gasteiger partial charge in [-0.05, 0) is 26.1 Å². The van der Waals surface area contributed by atoms with Gasteiger partial charge in [-0.15, -0.1) is 0 Å². The molecule has 1 aromatic rings. The first-order valence-corrected chi connectivity index (χ1v) is 3.55. The molecule has 0 aliphatic rings. The van der Waals surface area contributed by atoms with Crippen LogP contribution in [0.1, 0.15) is 17.0 Å². The summed E-state index contributed by atoms with van der Waals surface area (Å²) in [4.78, 5) is 0. The van der Waals surface area contributed by atoms with Crippen LogP contribution in [0.5, 0.6) is 0 Å². The maximum Gasteiger partial charge on any atom is 0.141 e. The predicted octanol–water partition coefficient (Wildman–Crippen LogP) is 2.04. The molecule has 0 aliphatic carbocycles. The van der Waals surface area contributed by atoms with Crippen molar-refractivity contribution in [2.24, 2.45) is 0 Å². The number of hydrogen-bond acceptors (Lipinski definition) is 2. The molecule has 56 valence electrons. The second-order valence-corrected chi connectivity index (χ2v) is 2.54. The van der Waals surface area contributed by atoms with Gasteiger partial charge in [-0.1, -0.05) is 11.6 Å². The Balaban J connectivity index is 2.74. The van der Waals surface area contributed by atoms with Crippen LogP contribution in [0.2, 0.25) is 0 Å². The summed E-state index contributed by atoms with van der Waals surface area (Å²) in [5, 5.41) is 2.87. The highest BCUT2D eigenvalue weighted by molar-refractivity contribution is 6.20. The second-order valence-electron chi connectivity index (χ2n) is 2.10. The lowest BCUT2D eigenvalue weighted by Crippen LogP contribution is -2.08. The summed E-state index contributed by atoms with van der Waals surface area (Å²) in [6.45, 7) is 1.89. The van der Waals surface area contributed by atoms with Crippen LogP contribution in [0.25, 0.3) is 0 Å². The minimum Gasteiger partial charge on any atom is -0.463 e. The Hall–Kier alpha value is -0.470. The Labute approximate surface area is 65.2 Å². The monoisotopic (exact) mass is 159 g/mol. The third-order valence-corrected chi connectivity index (χ3v) is 1.70.